The van der Waals surface area contributed by atoms with Crippen LogP contribution in [0.25, 0.3) is 11.0 Å². The number of rotatable bonds is 6. The van der Waals surface area contributed by atoms with Crippen molar-refractivity contribution in [3.8, 4) is 11.5 Å². The van der Waals surface area contributed by atoms with Crippen molar-refractivity contribution < 1.29 is 14.3 Å². The lowest BCUT2D eigenvalue weighted by Crippen LogP contribution is -2.11. The number of nitrogens with zero attached hydrogens (tertiary/aromatic N) is 3. The topological polar surface area (TPSA) is 78.3 Å². The Labute approximate surface area is 193 Å². The lowest BCUT2D eigenvalue weighted by atomic mass is 9.87. The first-order valence-electron chi connectivity index (χ1n) is 10.8. The van der Waals surface area contributed by atoms with Crippen LogP contribution in [0.3, 0.4) is 0 Å². The molecule has 0 aliphatic heterocycles. The van der Waals surface area contributed by atoms with E-state index in [1.807, 2.05) is 35.9 Å². The zero-order valence-corrected chi connectivity index (χ0v) is 19.5. The van der Waals surface area contributed by atoms with Crippen molar-refractivity contribution >= 4 is 28.6 Å². The number of fused-ring (bicyclic) bond motifs is 1. The second kappa shape index (κ2) is 8.94. The molecule has 0 saturated heterocycles. The summed E-state index contributed by atoms with van der Waals surface area (Å²) in [5, 5.41) is 3.43. The Morgan fingerprint density at radius 2 is 1.85 bits per heavy atom. The summed E-state index contributed by atoms with van der Waals surface area (Å²) in [6, 6.07) is 17.6. The maximum atomic E-state index is 11.5. The number of methoxy groups -OCH3 is 1. The van der Waals surface area contributed by atoms with Gasteiger partial charge in [-0.05, 0) is 41.3 Å². The molecule has 170 valence electrons. The minimum Gasteiger partial charge on any atom is -0.469 e. The Kier molecular flexibility index (Phi) is 6.05. The van der Waals surface area contributed by atoms with Crippen molar-refractivity contribution in [3.63, 3.8) is 0 Å². The predicted molar refractivity (Wildman–Crippen MR) is 129 cm³/mol. The van der Waals surface area contributed by atoms with E-state index in [2.05, 4.69) is 49.3 Å². The SMILES string of the molecule is COC(=O)Cc1cc(Oc2ccc3c(c2)nc(Nc2cccc(C(C)(C)C)c2)n3C)ccn1. The van der Waals surface area contributed by atoms with Crippen LogP contribution in [-0.2, 0) is 28.4 Å². The summed E-state index contributed by atoms with van der Waals surface area (Å²) in [7, 11) is 3.34. The van der Waals surface area contributed by atoms with Gasteiger partial charge in [-0.1, -0.05) is 32.9 Å². The van der Waals surface area contributed by atoms with Crippen molar-refractivity contribution in [2.45, 2.75) is 32.6 Å². The summed E-state index contributed by atoms with van der Waals surface area (Å²) in [6.07, 6.45) is 1.71. The van der Waals surface area contributed by atoms with Crippen molar-refractivity contribution in [1.29, 1.82) is 0 Å². The van der Waals surface area contributed by atoms with Gasteiger partial charge in [-0.25, -0.2) is 4.98 Å². The molecule has 0 aliphatic rings. The van der Waals surface area contributed by atoms with E-state index < -0.39 is 0 Å². The highest BCUT2D eigenvalue weighted by Crippen LogP contribution is 2.30. The van der Waals surface area contributed by atoms with E-state index in [1.165, 1.54) is 12.7 Å². The normalized spacial score (nSPS) is 11.4. The van der Waals surface area contributed by atoms with Gasteiger partial charge in [-0.3, -0.25) is 9.78 Å². The van der Waals surface area contributed by atoms with Crippen LogP contribution in [-0.4, -0.2) is 27.6 Å². The first-order valence-corrected chi connectivity index (χ1v) is 10.8. The fourth-order valence-electron chi connectivity index (χ4n) is 3.52. The molecule has 0 radical (unpaired) electrons. The van der Waals surface area contributed by atoms with Crippen LogP contribution in [0.15, 0.2) is 60.8 Å². The highest BCUT2D eigenvalue weighted by molar-refractivity contribution is 5.81. The van der Waals surface area contributed by atoms with Gasteiger partial charge in [0.2, 0.25) is 5.95 Å². The average Bonchev–Trinajstić information content (AvgIpc) is 3.08. The molecule has 1 N–H and O–H groups in total. The molecule has 0 bridgehead atoms. The molecule has 4 aromatic rings. The van der Waals surface area contributed by atoms with Crippen LogP contribution in [0.2, 0.25) is 0 Å². The number of hydrogen-bond acceptors (Lipinski definition) is 6. The van der Waals surface area contributed by atoms with Crippen LogP contribution >= 0.6 is 0 Å². The molecule has 0 fully saturated rings. The van der Waals surface area contributed by atoms with Gasteiger partial charge < -0.3 is 19.4 Å². The second-order valence-electron chi connectivity index (χ2n) is 8.94. The summed E-state index contributed by atoms with van der Waals surface area (Å²) in [4.78, 5) is 20.5. The lowest BCUT2D eigenvalue weighted by molar-refractivity contribution is -0.139. The first kappa shape index (κ1) is 22.3. The largest absolute Gasteiger partial charge is 0.469 e. The van der Waals surface area contributed by atoms with Crippen LogP contribution in [0, 0.1) is 0 Å². The molecule has 4 rings (SSSR count). The zero-order chi connectivity index (χ0) is 23.6. The van der Waals surface area contributed by atoms with Crippen LogP contribution in [0.5, 0.6) is 11.5 Å². The third-order valence-corrected chi connectivity index (χ3v) is 5.41. The molecule has 2 aromatic carbocycles. The number of anilines is 2. The van der Waals surface area contributed by atoms with Crippen molar-refractivity contribution in [2.75, 3.05) is 12.4 Å². The number of aromatic nitrogens is 3. The number of ether oxygens (including phenoxy) is 2. The zero-order valence-electron chi connectivity index (χ0n) is 19.5. The van der Waals surface area contributed by atoms with E-state index in [-0.39, 0.29) is 17.8 Å². The Balaban J connectivity index is 1.56. The van der Waals surface area contributed by atoms with Gasteiger partial charge in [0.1, 0.15) is 11.5 Å². The van der Waals surface area contributed by atoms with Gasteiger partial charge >= 0.3 is 5.97 Å². The van der Waals surface area contributed by atoms with E-state index in [9.17, 15) is 4.79 Å². The van der Waals surface area contributed by atoms with E-state index in [0.717, 1.165) is 22.7 Å². The number of pyridine rings is 1. The number of nitrogens with one attached hydrogen (secondary N) is 1. The van der Waals surface area contributed by atoms with E-state index >= 15 is 0 Å². The van der Waals surface area contributed by atoms with E-state index in [4.69, 9.17) is 14.5 Å². The highest BCUT2D eigenvalue weighted by Gasteiger charge is 2.15. The molecule has 0 spiro atoms. The third-order valence-electron chi connectivity index (χ3n) is 5.41. The monoisotopic (exact) mass is 444 g/mol. The van der Waals surface area contributed by atoms with E-state index in [0.29, 0.717) is 17.2 Å². The number of benzene rings is 2. The highest BCUT2D eigenvalue weighted by atomic mass is 16.5. The average molecular weight is 445 g/mol. The Bertz CT molecular complexity index is 1300. The Morgan fingerprint density at radius 3 is 2.61 bits per heavy atom. The number of esters is 1. The Hall–Kier alpha value is -3.87. The molecule has 0 amide bonds. The molecule has 2 aromatic heterocycles. The van der Waals surface area contributed by atoms with Gasteiger partial charge in [0.25, 0.3) is 0 Å². The second-order valence-corrected chi connectivity index (χ2v) is 8.94. The number of aryl methyl sites for hydroxylation is 1. The third kappa shape index (κ3) is 5.14. The summed E-state index contributed by atoms with van der Waals surface area (Å²) >= 11 is 0. The summed E-state index contributed by atoms with van der Waals surface area (Å²) in [5.74, 6) is 1.65. The minimum absolute atomic E-state index is 0.0694. The lowest BCUT2D eigenvalue weighted by Gasteiger charge is -2.20. The summed E-state index contributed by atoms with van der Waals surface area (Å²) in [6.45, 7) is 6.59. The van der Waals surface area contributed by atoms with Crippen LogP contribution < -0.4 is 10.1 Å². The molecular formula is C26H28N4O3. The Morgan fingerprint density at radius 1 is 1.06 bits per heavy atom. The van der Waals surface area contributed by atoms with E-state index in [1.54, 1.807) is 18.3 Å². The van der Waals surface area contributed by atoms with Gasteiger partial charge in [0.15, 0.2) is 0 Å². The summed E-state index contributed by atoms with van der Waals surface area (Å²) < 4.78 is 12.7. The van der Waals surface area contributed by atoms with Crippen molar-refractivity contribution in [2.24, 2.45) is 7.05 Å². The van der Waals surface area contributed by atoms with Gasteiger partial charge in [0.05, 0.1) is 30.3 Å². The van der Waals surface area contributed by atoms with Crippen LogP contribution in [0.1, 0.15) is 32.0 Å². The molecule has 7 heteroatoms. The number of imidazole rings is 1. The fourth-order valence-corrected chi connectivity index (χ4v) is 3.52. The summed E-state index contributed by atoms with van der Waals surface area (Å²) in [5.41, 5.74) is 4.70. The molecule has 2 heterocycles. The molecule has 33 heavy (non-hydrogen) atoms. The maximum absolute atomic E-state index is 11.5. The van der Waals surface area contributed by atoms with Gasteiger partial charge in [-0.15, -0.1) is 0 Å². The standard InChI is InChI=1S/C26H28N4O3/c1-26(2,3)17-7-6-8-18(13-17)28-25-29-22-16-20(9-10-23(22)30(25)4)33-21-11-12-27-19(14-21)15-24(31)32-5/h6-14,16H,15H2,1-5H3,(H,28,29). The van der Waals surface area contributed by atoms with Crippen molar-refractivity contribution in [1.82, 2.24) is 14.5 Å². The fraction of sp³-hybridized carbons (Fsp3) is 0.269. The molecule has 0 saturated carbocycles. The van der Waals surface area contributed by atoms with Gasteiger partial charge in [0, 0.05) is 31.1 Å². The predicted octanol–water partition coefficient (Wildman–Crippen LogP) is 5.52. The van der Waals surface area contributed by atoms with Crippen LogP contribution in [0.4, 0.5) is 11.6 Å². The number of carbonyl (C=O) groups is 1. The minimum atomic E-state index is -0.345. The maximum Gasteiger partial charge on any atom is 0.311 e. The number of hydrogen-bond donors (Lipinski definition) is 1. The molecule has 0 unspecified atom stereocenters. The van der Waals surface area contributed by atoms with Crippen molar-refractivity contribution in [3.05, 3.63) is 72.1 Å². The molecular weight excluding hydrogens is 416 g/mol. The van der Waals surface area contributed by atoms with Gasteiger partial charge in [-0.2, -0.15) is 0 Å². The quantitative estimate of drug-likeness (QED) is 0.395. The molecule has 0 aliphatic carbocycles. The molecule has 7 nitrogen and oxygen atoms in total. The molecule has 0 atom stereocenters. The number of carbonyl (C=O) groups excluding carboxylic acids is 1. The first-order chi connectivity index (χ1) is 15.7. The smallest absolute Gasteiger partial charge is 0.311 e.